The fourth-order valence-electron chi connectivity index (χ4n) is 5.51. The summed E-state index contributed by atoms with van der Waals surface area (Å²) in [5.74, 6) is 7.13. The first kappa shape index (κ1) is 25.1. The predicted octanol–water partition coefficient (Wildman–Crippen LogP) is 3.32. The van der Waals surface area contributed by atoms with Gasteiger partial charge in [0.25, 0.3) is 0 Å². The first-order valence-electron chi connectivity index (χ1n) is 12.0. The number of piperidine rings is 1. The summed E-state index contributed by atoms with van der Waals surface area (Å²) in [6.45, 7) is 3.95. The van der Waals surface area contributed by atoms with E-state index in [0.717, 1.165) is 54.1 Å². The molecule has 1 aliphatic heterocycles. The van der Waals surface area contributed by atoms with Crippen LogP contribution in [0.15, 0.2) is 54.6 Å². The van der Waals surface area contributed by atoms with E-state index in [9.17, 15) is 5.11 Å². The Morgan fingerprint density at radius 1 is 0.875 bits per heavy atom. The van der Waals surface area contributed by atoms with Gasteiger partial charge in [0.2, 0.25) is 0 Å². The molecule has 0 amide bonds. The zero-order valence-corrected chi connectivity index (χ0v) is 20.4. The van der Waals surface area contributed by atoms with Gasteiger partial charge in [0.1, 0.15) is 13.1 Å². The molecule has 2 fully saturated rings. The van der Waals surface area contributed by atoms with Crippen LogP contribution in [0, 0.1) is 17.8 Å². The highest BCUT2D eigenvalue weighted by molar-refractivity contribution is 6.31. The van der Waals surface area contributed by atoms with Crippen LogP contribution in [0.5, 0.6) is 0 Å². The summed E-state index contributed by atoms with van der Waals surface area (Å²) in [5.41, 5.74) is 1.11. The number of halogens is 2. The van der Waals surface area contributed by atoms with E-state index in [1.165, 1.54) is 44.1 Å². The molecule has 0 aromatic heterocycles. The van der Waals surface area contributed by atoms with Gasteiger partial charge in [-0.15, -0.1) is 0 Å². The predicted molar refractivity (Wildman–Crippen MR) is 129 cm³/mol. The summed E-state index contributed by atoms with van der Waals surface area (Å²) in [7, 11) is 0. The van der Waals surface area contributed by atoms with Crippen molar-refractivity contribution in [3.8, 4) is 11.8 Å². The van der Waals surface area contributed by atoms with Crippen molar-refractivity contribution in [3.63, 3.8) is 0 Å². The number of benzene rings is 2. The van der Waals surface area contributed by atoms with Crippen LogP contribution in [-0.2, 0) is 12.1 Å². The van der Waals surface area contributed by atoms with E-state index >= 15 is 0 Å². The molecule has 4 rings (SSSR count). The maximum Gasteiger partial charge on any atom is 0.153 e. The van der Waals surface area contributed by atoms with E-state index in [2.05, 4.69) is 24.0 Å². The van der Waals surface area contributed by atoms with Crippen molar-refractivity contribution in [1.82, 2.24) is 0 Å². The molecule has 1 atom stereocenters. The zero-order valence-electron chi connectivity index (χ0n) is 18.9. The number of hydrogen-bond donors (Lipinski definition) is 1. The largest absolute Gasteiger partial charge is 1.00 e. The third-order valence-corrected chi connectivity index (χ3v) is 7.70. The lowest BCUT2D eigenvalue weighted by Gasteiger charge is -2.40. The van der Waals surface area contributed by atoms with E-state index in [-0.39, 0.29) is 18.3 Å². The van der Waals surface area contributed by atoms with Crippen molar-refractivity contribution in [2.24, 2.45) is 5.92 Å². The Kier molecular flexibility index (Phi) is 9.09. The molecule has 1 heterocycles. The van der Waals surface area contributed by atoms with Crippen molar-refractivity contribution in [3.05, 3.63) is 70.7 Å². The second-order valence-electron chi connectivity index (χ2n) is 9.53. The zero-order chi connectivity index (χ0) is 21.6. The molecule has 1 unspecified atom stereocenters. The maximum absolute atomic E-state index is 11.9. The number of rotatable bonds is 5. The molecule has 0 radical (unpaired) electrons. The standard InChI is InChI=1S/C28H35ClNO.ClH/c29-27-18-9-8-13-24(27)23-30(20-10-3-11-21-30)22-12-19-28(31,25-14-4-1-5-15-25)26-16-6-2-7-17-26;/h1,4-5,8-9,13-15,18,26,31H,2-3,6-7,10-11,16-17,20-23H2;1H/q+1;/p-1. The molecule has 1 saturated carbocycles. The van der Waals surface area contributed by atoms with Crippen LogP contribution in [0.1, 0.15) is 62.5 Å². The summed E-state index contributed by atoms with van der Waals surface area (Å²) in [6, 6.07) is 18.3. The van der Waals surface area contributed by atoms with Gasteiger partial charge in [0, 0.05) is 16.5 Å². The Labute approximate surface area is 205 Å². The summed E-state index contributed by atoms with van der Waals surface area (Å²) in [5, 5.41) is 12.7. The third kappa shape index (κ3) is 5.89. The van der Waals surface area contributed by atoms with E-state index in [1.807, 2.05) is 42.5 Å². The van der Waals surface area contributed by atoms with Gasteiger partial charge < -0.3 is 22.0 Å². The smallest absolute Gasteiger partial charge is 0.153 e. The molecule has 1 N–H and O–H groups in total. The van der Waals surface area contributed by atoms with Crippen LogP contribution in [0.25, 0.3) is 0 Å². The van der Waals surface area contributed by atoms with Crippen LogP contribution in [0.4, 0.5) is 0 Å². The highest BCUT2D eigenvalue weighted by Gasteiger charge is 2.38. The van der Waals surface area contributed by atoms with Gasteiger partial charge in [-0.3, -0.25) is 0 Å². The average molecular weight is 473 g/mol. The van der Waals surface area contributed by atoms with Crippen molar-refractivity contribution < 1.29 is 22.0 Å². The van der Waals surface area contributed by atoms with Crippen LogP contribution >= 0.6 is 11.6 Å². The van der Waals surface area contributed by atoms with Gasteiger partial charge in [-0.1, -0.05) is 85.3 Å². The van der Waals surface area contributed by atoms with E-state index in [4.69, 9.17) is 11.6 Å². The fraction of sp³-hybridized carbons (Fsp3) is 0.500. The molecule has 0 spiro atoms. The van der Waals surface area contributed by atoms with Crippen molar-refractivity contribution in [2.45, 2.75) is 63.5 Å². The van der Waals surface area contributed by atoms with E-state index < -0.39 is 5.60 Å². The lowest BCUT2D eigenvalue weighted by atomic mass is 9.73. The highest BCUT2D eigenvalue weighted by Crippen LogP contribution is 2.39. The second-order valence-corrected chi connectivity index (χ2v) is 9.93. The monoisotopic (exact) mass is 471 g/mol. The van der Waals surface area contributed by atoms with Gasteiger partial charge in [0.15, 0.2) is 5.60 Å². The summed E-state index contributed by atoms with van der Waals surface area (Å²) < 4.78 is 0.951. The van der Waals surface area contributed by atoms with E-state index in [0.29, 0.717) is 0 Å². The molecule has 172 valence electrons. The Morgan fingerprint density at radius 2 is 1.50 bits per heavy atom. The van der Waals surface area contributed by atoms with Gasteiger partial charge in [-0.2, -0.15) is 0 Å². The summed E-state index contributed by atoms with van der Waals surface area (Å²) in [4.78, 5) is 0. The molecule has 2 aromatic rings. The molecule has 2 nitrogen and oxygen atoms in total. The Bertz CT molecular complexity index is 908. The Morgan fingerprint density at radius 3 is 2.19 bits per heavy atom. The highest BCUT2D eigenvalue weighted by atomic mass is 35.5. The minimum absolute atomic E-state index is 0. The first-order chi connectivity index (χ1) is 15.1. The molecule has 1 aliphatic carbocycles. The van der Waals surface area contributed by atoms with Crippen molar-refractivity contribution in [2.75, 3.05) is 19.6 Å². The lowest BCUT2D eigenvalue weighted by Crippen LogP contribution is -3.00. The van der Waals surface area contributed by atoms with Crippen molar-refractivity contribution in [1.29, 1.82) is 0 Å². The molecule has 2 aromatic carbocycles. The fourth-order valence-corrected chi connectivity index (χ4v) is 5.70. The number of nitrogens with zero attached hydrogens (tertiary/aromatic N) is 1. The number of likely N-dealkylation sites (tertiary alicyclic amines) is 1. The van der Waals surface area contributed by atoms with Gasteiger partial charge in [-0.25, -0.2) is 0 Å². The average Bonchev–Trinajstić information content (AvgIpc) is 2.82. The second kappa shape index (κ2) is 11.6. The molecule has 0 bridgehead atoms. The normalized spacial score (nSPS) is 20.3. The minimum atomic E-state index is -1.05. The van der Waals surface area contributed by atoms with E-state index in [1.54, 1.807) is 0 Å². The maximum atomic E-state index is 11.9. The lowest BCUT2D eigenvalue weighted by molar-refractivity contribution is -0.938. The molecular formula is C28H35Cl2NO. The number of hydrogen-bond acceptors (Lipinski definition) is 1. The van der Waals surface area contributed by atoms with Gasteiger partial charge in [0.05, 0.1) is 13.1 Å². The molecule has 4 heteroatoms. The van der Waals surface area contributed by atoms with Crippen LogP contribution < -0.4 is 12.4 Å². The molecular weight excluding hydrogens is 437 g/mol. The molecule has 32 heavy (non-hydrogen) atoms. The summed E-state index contributed by atoms with van der Waals surface area (Å²) in [6.07, 6.45) is 9.52. The SMILES string of the molecule is OC(C#CC[N+]1(Cc2ccccc2Cl)CCCCC1)(c1ccccc1)C1CCCCC1.[Cl-]. The third-order valence-electron chi connectivity index (χ3n) is 7.33. The summed E-state index contributed by atoms with van der Waals surface area (Å²) >= 11 is 6.51. The quantitative estimate of drug-likeness (QED) is 0.523. The van der Waals surface area contributed by atoms with Gasteiger partial charge in [-0.05, 0) is 49.7 Å². The molecule has 2 aliphatic rings. The van der Waals surface area contributed by atoms with Crippen LogP contribution in [0.3, 0.4) is 0 Å². The topological polar surface area (TPSA) is 20.2 Å². The van der Waals surface area contributed by atoms with Gasteiger partial charge >= 0.3 is 0 Å². The van der Waals surface area contributed by atoms with Crippen LogP contribution in [-0.4, -0.2) is 29.2 Å². The first-order valence-corrected chi connectivity index (χ1v) is 12.4. The Balaban J connectivity index is 0.00000289. The molecule has 1 saturated heterocycles. The number of aliphatic hydroxyl groups is 1. The Hall–Kier alpha value is -1.50. The van der Waals surface area contributed by atoms with Crippen LogP contribution in [0.2, 0.25) is 5.02 Å². The number of quaternary nitrogens is 1. The van der Waals surface area contributed by atoms with Crippen molar-refractivity contribution >= 4 is 11.6 Å². The minimum Gasteiger partial charge on any atom is -1.00 e.